The molecular weight excluding hydrogens is 397 g/mol. The lowest BCUT2D eigenvalue weighted by Crippen LogP contribution is -2.35. The number of sulfonamides is 1. The highest BCUT2D eigenvalue weighted by atomic mass is 32.2. The number of halogens is 1. The van der Waals surface area contributed by atoms with Crippen LogP contribution >= 0.6 is 0 Å². The van der Waals surface area contributed by atoms with E-state index in [2.05, 4.69) is 5.32 Å². The van der Waals surface area contributed by atoms with E-state index in [9.17, 15) is 22.4 Å². The fourth-order valence-electron chi connectivity index (χ4n) is 2.69. The van der Waals surface area contributed by atoms with Gasteiger partial charge in [-0.05, 0) is 48.9 Å². The van der Waals surface area contributed by atoms with Crippen molar-refractivity contribution < 1.29 is 22.4 Å². The van der Waals surface area contributed by atoms with Crippen molar-refractivity contribution in [1.29, 1.82) is 0 Å². The summed E-state index contributed by atoms with van der Waals surface area (Å²) >= 11 is 0. The highest BCUT2D eigenvalue weighted by molar-refractivity contribution is 7.89. The van der Waals surface area contributed by atoms with Crippen LogP contribution in [0, 0.1) is 5.82 Å². The summed E-state index contributed by atoms with van der Waals surface area (Å²) in [6.07, 6.45) is 0. The maximum atomic E-state index is 13.0. The van der Waals surface area contributed by atoms with Gasteiger partial charge in [0.25, 0.3) is 0 Å². The van der Waals surface area contributed by atoms with E-state index in [4.69, 9.17) is 0 Å². The number of anilines is 1. The van der Waals surface area contributed by atoms with Crippen LogP contribution in [0.1, 0.15) is 19.4 Å². The van der Waals surface area contributed by atoms with Gasteiger partial charge < -0.3 is 10.2 Å². The zero-order chi connectivity index (χ0) is 21.6. The summed E-state index contributed by atoms with van der Waals surface area (Å²) in [7, 11) is -2.64. The average Bonchev–Trinajstić information content (AvgIpc) is 2.66. The third-order valence-electron chi connectivity index (χ3n) is 4.30. The molecule has 0 fully saturated rings. The van der Waals surface area contributed by atoms with Gasteiger partial charge in [0.2, 0.25) is 21.8 Å². The Balaban J connectivity index is 2.04. The predicted molar refractivity (Wildman–Crippen MR) is 108 cm³/mol. The fourth-order valence-corrected chi connectivity index (χ4v) is 3.81. The fraction of sp³-hybridized carbons (Fsp3) is 0.300. The molecule has 2 amide bonds. The van der Waals surface area contributed by atoms with Gasteiger partial charge in [-0.2, -0.15) is 4.31 Å². The molecule has 2 rings (SSSR count). The number of hydrogen-bond donors (Lipinski definition) is 1. The Kier molecular flexibility index (Phi) is 7.46. The molecule has 0 atom stereocenters. The summed E-state index contributed by atoms with van der Waals surface area (Å²) in [5.41, 5.74) is 1.34. The van der Waals surface area contributed by atoms with Gasteiger partial charge in [0.1, 0.15) is 5.82 Å². The topological polar surface area (TPSA) is 86.8 Å². The van der Waals surface area contributed by atoms with Crippen molar-refractivity contribution >= 4 is 27.5 Å². The lowest BCUT2D eigenvalue weighted by Gasteiger charge is -2.19. The van der Waals surface area contributed by atoms with Gasteiger partial charge in [0.05, 0.1) is 11.4 Å². The molecule has 2 aromatic rings. The molecule has 1 N–H and O–H groups in total. The minimum absolute atomic E-state index is 0.0467. The summed E-state index contributed by atoms with van der Waals surface area (Å²) in [6, 6.07) is 11.4. The zero-order valence-corrected chi connectivity index (χ0v) is 17.4. The number of likely N-dealkylation sites (N-methyl/N-ethyl adjacent to an activating group) is 1. The first kappa shape index (κ1) is 22.5. The van der Waals surface area contributed by atoms with Crippen LogP contribution in [-0.4, -0.2) is 49.6 Å². The van der Waals surface area contributed by atoms with Gasteiger partial charge >= 0.3 is 0 Å². The molecule has 0 radical (unpaired) electrons. The van der Waals surface area contributed by atoms with Crippen LogP contribution in [0.15, 0.2) is 53.4 Å². The van der Waals surface area contributed by atoms with E-state index in [0.29, 0.717) is 18.8 Å². The molecule has 29 heavy (non-hydrogen) atoms. The van der Waals surface area contributed by atoms with Gasteiger partial charge in [-0.1, -0.05) is 12.1 Å². The van der Waals surface area contributed by atoms with E-state index < -0.39 is 28.3 Å². The molecule has 0 aliphatic carbocycles. The summed E-state index contributed by atoms with van der Waals surface area (Å²) < 4.78 is 38.9. The molecule has 0 spiro atoms. The van der Waals surface area contributed by atoms with E-state index in [1.165, 1.54) is 14.0 Å². The molecule has 0 aliphatic rings. The van der Waals surface area contributed by atoms with Crippen LogP contribution in [0.25, 0.3) is 0 Å². The maximum absolute atomic E-state index is 13.0. The quantitative estimate of drug-likeness (QED) is 0.709. The van der Waals surface area contributed by atoms with Crippen LogP contribution in [0.3, 0.4) is 0 Å². The monoisotopic (exact) mass is 421 g/mol. The second-order valence-electron chi connectivity index (χ2n) is 6.50. The molecule has 0 unspecified atom stereocenters. The molecule has 9 heteroatoms. The lowest BCUT2D eigenvalue weighted by molar-refractivity contribution is -0.129. The van der Waals surface area contributed by atoms with Crippen molar-refractivity contribution in [3.05, 3.63) is 59.9 Å². The Bertz CT molecular complexity index is 977. The highest BCUT2D eigenvalue weighted by Crippen LogP contribution is 2.16. The Morgan fingerprint density at radius 3 is 2.34 bits per heavy atom. The van der Waals surface area contributed by atoms with Crippen LogP contribution in [0.5, 0.6) is 0 Å². The average molecular weight is 421 g/mol. The Morgan fingerprint density at radius 2 is 1.76 bits per heavy atom. The van der Waals surface area contributed by atoms with Crippen molar-refractivity contribution in [2.75, 3.05) is 25.5 Å². The van der Waals surface area contributed by atoms with Gasteiger partial charge in [-0.15, -0.1) is 0 Å². The summed E-state index contributed by atoms with van der Waals surface area (Å²) in [5, 5.41) is 2.66. The Morgan fingerprint density at radius 1 is 1.10 bits per heavy atom. The van der Waals surface area contributed by atoms with Crippen LogP contribution in [0.4, 0.5) is 10.1 Å². The predicted octanol–water partition coefficient (Wildman–Crippen LogP) is 2.45. The van der Waals surface area contributed by atoms with Gasteiger partial charge in [-0.3, -0.25) is 9.59 Å². The zero-order valence-electron chi connectivity index (χ0n) is 16.6. The third kappa shape index (κ3) is 6.10. The van der Waals surface area contributed by atoms with Gasteiger partial charge in [0.15, 0.2) is 0 Å². The first-order valence-electron chi connectivity index (χ1n) is 8.99. The standard InChI is InChI=1S/C20H24FN3O4S/c1-4-24(15(2)25)13-16-6-5-7-18(12-16)22-20(26)14-23(3)29(27,28)19-10-8-17(21)9-11-19/h5-12H,4,13-14H2,1-3H3,(H,22,26). The normalized spacial score (nSPS) is 11.3. The van der Waals surface area contributed by atoms with Crippen molar-refractivity contribution in [1.82, 2.24) is 9.21 Å². The van der Waals surface area contributed by atoms with Gasteiger partial charge in [-0.25, -0.2) is 12.8 Å². The minimum atomic E-state index is -3.92. The molecule has 7 nitrogen and oxygen atoms in total. The molecule has 0 saturated carbocycles. The smallest absolute Gasteiger partial charge is 0.243 e. The van der Waals surface area contributed by atoms with Gasteiger partial charge in [0, 0.05) is 32.7 Å². The van der Waals surface area contributed by atoms with E-state index in [-0.39, 0.29) is 10.8 Å². The lowest BCUT2D eigenvalue weighted by atomic mass is 10.2. The number of hydrogen-bond acceptors (Lipinski definition) is 4. The molecular formula is C20H24FN3O4S. The summed E-state index contributed by atoms with van der Waals surface area (Å²) in [4.78, 5) is 25.4. The molecule has 0 aromatic heterocycles. The number of benzene rings is 2. The molecule has 0 bridgehead atoms. The number of nitrogens with one attached hydrogen (secondary N) is 1. The summed E-state index contributed by atoms with van der Waals surface area (Å²) in [5.74, 6) is -1.11. The molecule has 156 valence electrons. The summed E-state index contributed by atoms with van der Waals surface area (Å²) in [6.45, 7) is 3.95. The van der Waals surface area contributed by atoms with E-state index in [1.807, 2.05) is 13.0 Å². The number of rotatable bonds is 8. The van der Waals surface area contributed by atoms with E-state index in [1.54, 1.807) is 23.1 Å². The molecule has 2 aromatic carbocycles. The van der Waals surface area contributed by atoms with Crippen LogP contribution in [-0.2, 0) is 26.2 Å². The Hall–Kier alpha value is -2.78. The first-order valence-corrected chi connectivity index (χ1v) is 10.4. The highest BCUT2D eigenvalue weighted by Gasteiger charge is 2.23. The van der Waals surface area contributed by atoms with E-state index in [0.717, 1.165) is 34.1 Å². The maximum Gasteiger partial charge on any atom is 0.243 e. The van der Waals surface area contributed by atoms with Crippen molar-refractivity contribution in [2.45, 2.75) is 25.3 Å². The third-order valence-corrected chi connectivity index (χ3v) is 6.12. The number of amides is 2. The SMILES string of the molecule is CCN(Cc1cccc(NC(=O)CN(C)S(=O)(=O)c2ccc(F)cc2)c1)C(C)=O. The second-order valence-corrected chi connectivity index (χ2v) is 8.54. The van der Waals surface area contributed by atoms with Crippen LogP contribution in [0.2, 0.25) is 0 Å². The van der Waals surface area contributed by atoms with Crippen molar-refractivity contribution in [2.24, 2.45) is 0 Å². The van der Waals surface area contributed by atoms with E-state index >= 15 is 0 Å². The number of nitrogens with zero attached hydrogens (tertiary/aromatic N) is 2. The number of carbonyl (C=O) groups is 2. The number of carbonyl (C=O) groups excluding carboxylic acids is 2. The first-order chi connectivity index (χ1) is 13.6. The van der Waals surface area contributed by atoms with Crippen LogP contribution < -0.4 is 5.32 Å². The van der Waals surface area contributed by atoms with Crippen molar-refractivity contribution in [3.63, 3.8) is 0 Å². The van der Waals surface area contributed by atoms with Crippen molar-refractivity contribution in [3.8, 4) is 0 Å². The molecule has 0 saturated heterocycles. The molecule has 0 heterocycles. The minimum Gasteiger partial charge on any atom is -0.339 e. The molecule has 0 aliphatic heterocycles. The second kappa shape index (κ2) is 9.62. The Labute approximate surface area is 170 Å². The largest absolute Gasteiger partial charge is 0.339 e.